The molecule has 6 nitrogen and oxygen atoms in total. The molecule has 0 aliphatic rings. The van der Waals surface area contributed by atoms with E-state index in [9.17, 15) is 4.79 Å². The Morgan fingerprint density at radius 3 is 2.48 bits per heavy atom. The van der Waals surface area contributed by atoms with Crippen molar-refractivity contribution in [2.24, 2.45) is 0 Å². The molecule has 0 saturated carbocycles. The van der Waals surface area contributed by atoms with E-state index in [1.165, 1.54) is 5.56 Å². The maximum atomic E-state index is 11.4. The van der Waals surface area contributed by atoms with Gasteiger partial charge in [0.15, 0.2) is 11.5 Å². The zero-order valence-electron chi connectivity index (χ0n) is 15.7. The minimum absolute atomic E-state index is 0.152. The van der Waals surface area contributed by atoms with Gasteiger partial charge < -0.3 is 19.5 Å². The molecule has 0 saturated heterocycles. The molecule has 0 aliphatic heterocycles. The second kappa shape index (κ2) is 10.7. The van der Waals surface area contributed by atoms with Gasteiger partial charge in [-0.2, -0.15) is 5.26 Å². The number of carbonyl (C=O) groups excluding carboxylic acids is 1. The van der Waals surface area contributed by atoms with Gasteiger partial charge in [0.05, 0.1) is 12.7 Å². The first kappa shape index (κ1) is 20.1. The van der Waals surface area contributed by atoms with Crippen molar-refractivity contribution in [1.29, 1.82) is 5.26 Å². The highest BCUT2D eigenvalue weighted by atomic mass is 16.5. The van der Waals surface area contributed by atoms with Crippen molar-refractivity contribution in [2.45, 2.75) is 26.8 Å². The van der Waals surface area contributed by atoms with Crippen molar-refractivity contribution in [3.8, 4) is 23.3 Å². The van der Waals surface area contributed by atoms with Crippen molar-refractivity contribution in [3.63, 3.8) is 0 Å². The van der Waals surface area contributed by atoms with Crippen molar-refractivity contribution in [2.75, 3.05) is 19.8 Å². The van der Waals surface area contributed by atoms with Crippen LogP contribution in [0.2, 0.25) is 0 Å². The smallest absolute Gasteiger partial charge is 0.234 e. The first-order valence-electron chi connectivity index (χ1n) is 8.84. The van der Waals surface area contributed by atoms with Gasteiger partial charge in [-0.1, -0.05) is 23.8 Å². The molecular weight excluding hydrogens is 344 g/mol. The predicted molar refractivity (Wildman–Crippen MR) is 102 cm³/mol. The number of nitrogens with zero attached hydrogens (tertiary/aromatic N) is 1. The first-order valence-corrected chi connectivity index (χ1v) is 8.84. The second-order valence-corrected chi connectivity index (χ2v) is 5.84. The fourth-order valence-corrected chi connectivity index (χ4v) is 2.33. The van der Waals surface area contributed by atoms with Gasteiger partial charge in [-0.25, -0.2) is 0 Å². The van der Waals surface area contributed by atoms with Gasteiger partial charge in [-0.05, 0) is 43.7 Å². The van der Waals surface area contributed by atoms with Crippen LogP contribution in [-0.2, 0) is 11.3 Å². The molecule has 0 radical (unpaired) electrons. The summed E-state index contributed by atoms with van der Waals surface area (Å²) in [5.74, 6) is 1.73. The van der Waals surface area contributed by atoms with E-state index in [2.05, 4.69) is 5.32 Å². The van der Waals surface area contributed by atoms with Gasteiger partial charge in [0.1, 0.15) is 25.4 Å². The molecule has 1 N–H and O–H groups in total. The number of carbonyl (C=O) groups is 1. The van der Waals surface area contributed by atoms with Crippen LogP contribution in [0.3, 0.4) is 0 Å². The normalized spacial score (nSPS) is 9.96. The lowest BCUT2D eigenvalue weighted by Gasteiger charge is -2.14. The molecule has 0 spiro atoms. The summed E-state index contributed by atoms with van der Waals surface area (Å²) in [5.41, 5.74) is 2.05. The zero-order valence-corrected chi connectivity index (χ0v) is 15.7. The number of rotatable bonds is 10. The second-order valence-electron chi connectivity index (χ2n) is 5.84. The number of hydrogen-bond acceptors (Lipinski definition) is 5. The summed E-state index contributed by atoms with van der Waals surface area (Å²) in [6.45, 7) is 5.55. The molecule has 0 aromatic heterocycles. The quantitative estimate of drug-likeness (QED) is 0.650. The van der Waals surface area contributed by atoms with E-state index in [1.54, 1.807) is 0 Å². The van der Waals surface area contributed by atoms with Crippen LogP contribution in [0, 0.1) is 18.3 Å². The van der Waals surface area contributed by atoms with Crippen LogP contribution < -0.4 is 19.5 Å². The fraction of sp³-hybridized carbons (Fsp3) is 0.333. The number of nitriles is 1. The minimum atomic E-state index is -0.302. The Hall–Kier alpha value is -3.20. The van der Waals surface area contributed by atoms with Crippen LogP contribution >= 0.6 is 0 Å². The van der Waals surface area contributed by atoms with Crippen LogP contribution in [0.1, 0.15) is 24.5 Å². The van der Waals surface area contributed by atoms with Crippen molar-refractivity contribution < 1.29 is 19.0 Å². The molecule has 6 heteroatoms. The highest BCUT2D eigenvalue weighted by Crippen LogP contribution is 2.28. The van der Waals surface area contributed by atoms with Crippen molar-refractivity contribution >= 4 is 5.91 Å². The van der Waals surface area contributed by atoms with E-state index < -0.39 is 0 Å². The number of amides is 1. The van der Waals surface area contributed by atoms with Gasteiger partial charge in [-0.3, -0.25) is 4.79 Å². The monoisotopic (exact) mass is 368 g/mol. The molecule has 1 amide bonds. The predicted octanol–water partition coefficient (Wildman–Crippen LogP) is 3.38. The number of hydrogen-bond donors (Lipinski definition) is 1. The Bertz CT molecular complexity index is 782. The first-order chi connectivity index (χ1) is 13.1. The van der Waals surface area contributed by atoms with Gasteiger partial charge in [-0.15, -0.1) is 0 Å². The third-order valence-corrected chi connectivity index (χ3v) is 3.67. The fourth-order valence-electron chi connectivity index (χ4n) is 2.33. The summed E-state index contributed by atoms with van der Waals surface area (Å²) < 4.78 is 17.1. The lowest BCUT2D eigenvalue weighted by atomic mass is 10.2. The SMILES string of the molecule is CCOc1cc(CNC(=O)CC#N)ccc1OCCOc1ccc(C)cc1. The molecule has 0 aliphatic carbocycles. The Kier molecular flexibility index (Phi) is 7.98. The highest BCUT2D eigenvalue weighted by Gasteiger charge is 2.08. The van der Waals surface area contributed by atoms with E-state index in [0.717, 1.165) is 11.3 Å². The molecule has 0 atom stereocenters. The van der Waals surface area contributed by atoms with Crippen LogP contribution in [0.5, 0.6) is 17.2 Å². The Morgan fingerprint density at radius 2 is 1.78 bits per heavy atom. The van der Waals surface area contributed by atoms with Gasteiger partial charge in [0.2, 0.25) is 5.91 Å². The van der Waals surface area contributed by atoms with Gasteiger partial charge in [0.25, 0.3) is 0 Å². The molecular formula is C21H24N2O4. The number of benzene rings is 2. The largest absolute Gasteiger partial charge is 0.490 e. The molecule has 2 aromatic rings. The van der Waals surface area contributed by atoms with E-state index in [0.29, 0.717) is 37.9 Å². The lowest BCUT2D eigenvalue weighted by molar-refractivity contribution is -0.120. The maximum Gasteiger partial charge on any atom is 0.234 e. The van der Waals surface area contributed by atoms with Crippen molar-refractivity contribution in [1.82, 2.24) is 5.32 Å². The average molecular weight is 368 g/mol. The summed E-state index contributed by atoms with van der Waals surface area (Å²) >= 11 is 0. The van der Waals surface area contributed by atoms with Crippen LogP contribution in [0.4, 0.5) is 0 Å². The molecule has 2 aromatic carbocycles. The number of aryl methyl sites for hydroxylation is 1. The van der Waals surface area contributed by atoms with E-state index in [-0.39, 0.29) is 12.3 Å². The summed E-state index contributed by atoms with van der Waals surface area (Å²) in [6.07, 6.45) is -0.152. The third kappa shape index (κ3) is 6.90. The molecule has 27 heavy (non-hydrogen) atoms. The Labute approximate surface area is 159 Å². The van der Waals surface area contributed by atoms with Crippen molar-refractivity contribution in [3.05, 3.63) is 53.6 Å². The van der Waals surface area contributed by atoms with E-state index >= 15 is 0 Å². The number of nitrogens with one attached hydrogen (secondary N) is 1. The molecule has 142 valence electrons. The van der Waals surface area contributed by atoms with E-state index in [4.69, 9.17) is 19.5 Å². The standard InChI is InChI=1S/C21H24N2O4/c1-3-25-20-14-17(15-23-21(24)10-11-22)6-9-19(20)27-13-12-26-18-7-4-16(2)5-8-18/h4-9,14H,3,10,12-13,15H2,1-2H3,(H,23,24). The highest BCUT2D eigenvalue weighted by molar-refractivity contribution is 5.77. The van der Waals surface area contributed by atoms with Crippen LogP contribution in [0.25, 0.3) is 0 Å². The Morgan fingerprint density at radius 1 is 1.04 bits per heavy atom. The average Bonchev–Trinajstić information content (AvgIpc) is 2.66. The third-order valence-electron chi connectivity index (χ3n) is 3.67. The maximum absolute atomic E-state index is 11.4. The molecule has 0 unspecified atom stereocenters. The summed E-state index contributed by atoms with van der Waals surface area (Å²) in [6, 6.07) is 15.2. The Balaban J connectivity index is 1.88. The van der Waals surface area contributed by atoms with Crippen LogP contribution in [0.15, 0.2) is 42.5 Å². The summed E-state index contributed by atoms with van der Waals surface area (Å²) in [5, 5.41) is 11.2. The van der Waals surface area contributed by atoms with Crippen LogP contribution in [-0.4, -0.2) is 25.7 Å². The summed E-state index contributed by atoms with van der Waals surface area (Å²) in [4.78, 5) is 11.4. The number of ether oxygens (including phenoxy) is 3. The molecule has 0 bridgehead atoms. The topological polar surface area (TPSA) is 80.6 Å². The van der Waals surface area contributed by atoms with Gasteiger partial charge >= 0.3 is 0 Å². The molecule has 0 fully saturated rings. The zero-order chi connectivity index (χ0) is 19.5. The lowest BCUT2D eigenvalue weighted by Crippen LogP contribution is -2.21. The minimum Gasteiger partial charge on any atom is -0.490 e. The molecule has 0 heterocycles. The van der Waals surface area contributed by atoms with E-state index in [1.807, 2.05) is 62.4 Å². The summed E-state index contributed by atoms with van der Waals surface area (Å²) in [7, 11) is 0. The molecule has 2 rings (SSSR count). The van der Waals surface area contributed by atoms with Gasteiger partial charge in [0, 0.05) is 6.54 Å².